The van der Waals surface area contributed by atoms with Crippen LogP contribution in [0.15, 0.2) is 66.7 Å². The Kier molecular flexibility index (Phi) is 7.66. The first kappa shape index (κ1) is 23.9. The molecule has 3 rings (SSSR count). The quantitative estimate of drug-likeness (QED) is 0.443. The zero-order chi connectivity index (χ0) is 23.3. The van der Waals surface area contributed by atoms with Crippen LogP contribution in [0.3, 0.4) is 0 Å². The number of rotatable bonds is 8. The van der Waals surface area contributed by atoms with E-state index in [0.29, 0.717) is 39.2 Å². The minimum atomic E-state index is -3.60. The van der Waals surface area contributed by atoms with E-state index in [1.54, 1.807) is 48.5 Å². The maximum absolute atomic E-state index is 12.5. The van der Waals surface area contributed by atoms with Crippen molar-refractivity contribution in [3.63, 3.8) is 0 Å². The van der Waals surface area contributed by atoms with Crippen molar-refractivity contribution in [1.29, 1.82) is 0 Å². The Morgan fingerprint density at radius 1 is 0.969 bits per heavy atom. The summed E-state index contributed by atoms with van der Waals surface area (Å²) < 4.78 is 31.3. The number of sulfonamides is 1. The van der Waals surface area contributed by atoms with Gasteiger partial charge in [0.15, 0.2) is 0 Å². The zero-order valence-corrected chi connectivity index (χ0v) is 19.8. The largest absolute Gasteiger partial charge is 0.494 e. The molecule has 0 saturated heterocycles. The molecular weight excluding hydrogens is 471 g/mol. The lowest BCUT2D eigenvalue weighted by Crippen LogP contribution is -2.29. The standard InChI is InChI=1S/C23H22Cl2N2O4S/c1-3-31-22-10-8-20(9-11-22)26-23(28)17-6-4-16(5-7-17)15-27(32(2,29)30)21-13-18(24)12-19(25)14-21/h4-14H,3,15H2,1-2H3,(H,26,28). The molecule has 32 heavy (non-hydrogen) atoms. The average Bonchev–Trinajstić information content (AvgIpc) is 2.72. The van der Waals surface area contributed by atoms with Gasteiger partial charge in [-0.3, -0.25) is 9.10 Å². The predicted octanol–water partition coefficient (Wildman–Crippen LogP) is 5.61. The van der Waals surface area contributed by atoms with Crippen molar-refractivity contribution in [2.45, 2.75) is 13.5 Å². The number of carbonyl (C=O) groups is 1. The summed E-state index contributed by atoms with van der Waals surface area (Å²) >= 11 is 12.1. The summed E-state index contributed by atoms with van der Waals surface area (Å²) in [6.45, 7) is 2.54. The molecule has 0 bridgehead atoms. The van der Waals surface area contributed by atoms with E-state index in [1.807, 2.05) is 6.92 Å². The van der Waals surface area contributed by atoms with Crippen molar-refractivity contribution in [1.82, 2.24) is 0 Å². The summed E-state index contributed by atoms with van der Waals surface area (Å²) in [6.07, 6.45) is 1.11. The van der Waals surface area contributed by atoms with Gasteiger partial charge in [-0.2, -0.15) is 0 Å². The number of nitrogens with zero attached hydrogens (tertiary/aromatic N) is 1. The monoisotopic (exact) mass is 492 g/mol. The molecule has 0 aliphatic carbocycles. The predicted molar refractivity (Wildman–Crippen MR) is 129 cm³/mol. The molecule has 0 radical (unpaired) electrons. The average molecular weight is 493 g/mol. The van der Waals surface area contributed by atoms with E-state index in [1.165, 1.54) is 22.5 Å². The minimum Gasteiger partial charge on any atom is -0.494 e. The van der Waals surface area contributed by atoms with Crippen molar-refractivity contribution in [3.05, 3.63) is 87.9 Å². The lowest BCUT2D eigenvalue weighted by Gasteiger charge is -2.23. The number of ether oxygens (including phenoxy) is 1. The van der Waals surface area contributed by atoms with E-state index in [2.05, 4.69) is 5.32 Å². The van der Waals surface area contributed by atoms with Crippen LogP contribution in [0.25, 0.3) is 0 Å². The Morgan fingerprint density at radius 3 is 2.09 bits per heavy atom. The summed E-state index contributed by atoms with van der Waals surface area (Å²) in [4.78, 5) is 12.5. The van der Waals surface area contributed by atoms with Crippen molar-refractivity contribution in [2.75, 3.05) is 22.5 Å². The smallest absolute Gasteiger partial charge is 0.255 e. The van der Waals surface area contributed by atoms with Crippen molar-refractivity contribution >= 4 is 50.5 Å². The highest BCUT2D eigenvalue weighted by atomic mass is 35.5. The fourth-order valence-electron chi connectivity index (χ4n) is 3.02. The van der Waals surface area contributed by atoms with Crippen molar-refractivity contribution in [2.24, 2.45) is 0 Å². The van der Waals surface area contributed by atoms with Gasteiger partial charge in [-0.1, -0.05) is 35.3 Å². The molecule has 0 atom stereocenters. The second kappa shape index (κ2) is 10.3. The molecule has 0 aromatic heterocycles. The number of amides is 1. The van der Waals surface area contributed by atoms with Gasteiger partial charge in [0.2, 0.25) is 10.0 Å². The molecule has 1 N–H and O–H groups in total. The summed E-state index contributed by atoms with van der Waals surface area (Å²) in [7, 11) is -3.60. The first-order chi connectivity index (χ1) is 15.2. The Balaban J connectivity index is 1.74. The minimum absolute atomic E-state index is 0.0658. The van der Waals surface area contributed by atoms with Crippen LogP contribution in [-0.4, -0.2) is 27.2 Å². The van der Waals surface area contributed by atoms with Gasteiger partial charge in [-0.25, -0.2) is 8.42 Å². The molecule has 168 valence electrons. The molecule has 9 heteroatoms. The van der Waals surface area contributed by atoms with Crippen LogP contribution >= 0.6 is 23.2 Å². The molecule has 0 heterocycles. The maximum atomic E-state index is 12.5. The van der Waals surface area contributed by atoms with Crippen LogP contribution in [0.5, 0.6) is 5.75 Å². The van der Waals surface area contributed by atoms with Crippen LogP contribution < -0.4 is 14.4 Å². The van der Waals surface area contributed by atoms with E-state index >= 15 is 0 Å². The Bertz CT molecular complexity index is 1180. The maximum Gasteiger partial charge on any atom is 0.255 e. The number of carbonyl (C=O) groups excluding carboxylic acids is 1. The molecule has 0 spiro atoms. The highest BCUT2D eigenvalue weighted by Crippen LogP contribution is 2.28. The zero-order valence-electron chi connectivity index (χ0n) is 17.5. The molecule has 1 amide bonds. The fourth-order valence-corrected chi connectivity index (χ4v) is 4.40. The molecule has 0 unspecified atom stereocenters. The van der Waals surface area contributed by atoms with E-state index in [9.17, 15) is 13.2 Å². The highest BCUT2D eigenvalue weighted by molar-refractivity contribution is 7.92. The summed E-state index contributed by atoms with van der Waals surface area (Å²) in [5.41, 5.74) is 2.15. The summed E-state index contributed by atoms with van der Waals surface area (Å²) in [5.74, 6) is 0.452. The van der Waals surface area contributed by atoms with E-state index < -0.39 is 10.0 Å². The van der Waals surface area contributed by atoms with Gasteiger partial charge in [0.1, 0.15) is 5.75 Å². The Morgan fingerprint density at radius 2 is 1.56 bits per heavy atom. The third-order valence-electron chi connectivity index (χ3n) is 4.50. The molecular formula is C23H22Cl2N2O4S. The van der Waals surface area contributed by atoms with Gasteiger partial charge < -0.3 is 10.1 Å². The Hall–Kier alpha value is -2.74. The molecule has 0 fully saturated rings. The van der Waals surface area contributed by atoms with Gasteiger partial charge in [0, 0.05) is 21.3 Å². The number of hydrogen-bond acceptors (Lipinski definition) is 4. The fraction of sp³-hybridized carbons (Fsp3) is 0.174. The normalized spacial score (nSPS) is 11.1. The SMILES string of the molecule is CCOc1ccc(NC(=O)c2ccc(CN(c3cc(Cl)cc(Cl)c3)S(C)(=O)=O)cc2)cc1. The molecule has 0 aliphatic rings. The van der Waals surface area contributed by atoms with Crippen molar-refractivity contribution in [3.8, 4) is 5.75 Å². The van der Waals surface area contributed by atoms with Crippen LogP contribution in [0.4, 0.5) is 11.4 Å². The van der Waals surface area contributed by atoms with E-state index in [-0.39, 0.29) is 12.5 Å². The Labute approximate surface area is 197 Å². The first-order valence-corrected chi connectivity index (χ1v) is 12.3. The van der Waals surface area contributed by atoms with Gasteiger partial charge in [-0.05, 0) is 67.1 Å². The highest BCUT2D eigenvalue weighted by Gasteiger charge is 2.19. The molecule has 0 aliphatic heterocycles. The number of benzene rings is 3. The van der Waals surface area contributed by atoms with Crippen LogP contribution in [0.2, 0.25) is 10.0 Å². The van der Waals surface area contributed by atoms with Crippen LogP contribution in [0, 0.1) is 0 Å². The van der Waals surface area contributed by atoms with Crippen LogP contribution in [-0.2, 0) is 16.6 Å². The molecule has 3 aromatic rings. The number of nitrogens with one attached hydrogen (secondary N) is 1. The third-order valence-corrected chi connectivity index (χ3v) is 6.08. The van der Waals surface area contributed by atoms with Crippen LogP contribution in [0.1, 0.15) is 22.8 Å². The lowest BCUT2D eigenvalue weighted by atomic mass is 10.1. The first-order valence-electron chi connectivity index (χ1n) is 9.72. The third kappa shape index (κ3) is 6.38. The van der Waals surface area contributed by atoms with Gasteiger partial charge >= 0.3 is 0 Å². The second-order valence-corrected chi connectivity index (χ2v) is 9.79. The molecule has 3 aromatic carbocycles. The van der Waals surface area contributed by atoms with Gasteiger partial charge in [-0.15, -0.1) is 0 Å². The van der Waals surface area contributed by atoms with Gasteiger partial charge in [0.05, 0.1) is 25.1 Å². The summed E-state index contributed by atoms with van der Waals surface area (Å²) in [5, 5.41) is 3.49. The van der Waals surface area contributed by atoms with E-state index in [4.69, 9.17) is 27.9 Å². The topological polar surface area (TPSA) is 75.7 Å². The number of anilines is 2. The number of hydrogen-bond donors (Lipinski definition) is 1. The second-order valence-electron chi connectivity index (χ2n) is 7.01. The van der Waals surface area contributed by atoms with Gasteiger partial charge in [0.25, 0.3) is 5.91 Å². The lowest BCUT2D eigenvalue weighted by molar-refractivity contribution is 0.102. The summed E-state index contributed by atoms with van der Waals surface area (Å²) in [6, 6.07) is 18.4. The van der Waals surface area contributed by atoms with Crippen molar-refractivity contribution < 1.29 is 17.9 Å². The molecule has 0 saturated carbocycles. The molecule has 6 nitrogen and oxygen atoms in total. The number of halogens is 2. The van der Waals surface area contributed by atoms with E-state index in [0.717, 1.165) is 12.0 Å².